The fourth-order valence-electron chi connectivity index (χ4n) is 3.94. The number of thiazole rings is 1. The van der Waals surface area contributed by atoms with Crippen LogP contribution in [0.25, 0.3) is 21.3 Å². The molecule has 1 N–H and O–H groups in total. The van der Waals surface area contributed by atoms with Crippen molar-refractivity contribution in [3.8, 4) is 11.1 Å². The molecule has 4 nitrogen and oxygen atoms in total. The van der Waals surface area contributed by atoms with Crippen molar-refractivity contribution >= 4 is 33.7 Å². The van der Waals surface area contributed by atoms with Crippen LogP contribution < -0.4 is 5.43 Å². The highest BCUT2D eigenvalue weighted by Crippen LogP contribution is 2.54. The van der Waals surface area contributed by atoms with Crippen LogP contribution in [0.15, 0.2) is 83.4 Å². The predicted molar refractivity (Wildman–Crippen MR) is 123 cm³/mol. The summed E-state index contributed by atoms with van der Waals surface area (Å²) in [6, 6.07) is 24.8. The van der Waals surface area contributed by atoms with Gasteiger partial charge in [0.05, 0.1) is 27.9 Å². The Bertz CT molecular complexity index is 1230. The van der Waals surface area contributed by atoms with Crippen LogP contribution in [0.4, 0.5) is 0 Å². The molecular formula is C25H21N3OS. The van der Waals surface area contributed by atoms with Crippen LogP contribution in [-0.2, 0) is 10.2 Å². The van der Waals surface area contributed by atoms with E-state index in [1.807, 2.05) is 41.9 Å². The number of fused-ring (bicyclic) bond motifs is 1. The maximum absolute atomic E-state index is 12.6. The lowest BCUT2D eigenvalue weighted by molar-refractivity contribution is -0.122. The highest BCUT2D eigenvalue weighted by Gasteiger charge is 2.55. The number of nitrogens with one attached hydrogen (secondary N) is 1. The first-order valence-electron chi connectivity index (χ1n) is 9.96. The van der Waals surface area contributed by atoms with Gasteiger partial charge in [0.25, 0.3) is 0 Å². The number of carbonyl (C=O) groups excluding carboxylic acids is 1. The van der Waals surface area contributed by atoms with Crippen molar-refractivity contribution < 1.29 is 4.79 Å². The van der Waals surface area contributed by atoms with E-state index in [-0.39, 0.29) is 17.2 Å². The van der Waals surface area contributed by atoms with Gasteiger partial charge in [-0.1, -0.05) is 67.6 Å². The van der Waals surface area contributed by atoms with Gasteiger partial charge in [-0.05, 0) is 40.8 Å². The number of carbonyl (C=O) groups is 1. The van der Waals surface area contributed by atoms with Gasteiger partial charge in [-0.15, -0.1) is 11.3 Å². The highest BCUT2D eigenvalue weighted by atomic mass is 32.1. The van der Waals surface area contributed by atoms with Crippen molar-refractivity contribution in [1.29, 1.82) is 0 Å². The number of hydrogen-bond donors (Lipinski definition) is 1. The van der Waals surface area contributed by atoms with Crippen molar-refractivity contribution in [3.05, 3.63) is 89.4 Å². The Kier molecular flexibility index (Phi) is 4.68. The molecule has 0 bridgehead atoms. The third-order valence-corrected chi connectivity index (χ3v) is 6.74. The molecule has 148 valence electrons. The summed E-state index contributed by atoms with van der Waals surface area (Å²) >= 11 is 1.59. The van der Waals surface area contributed by atoms with Crippen molar-refractivity contribution in [2.75, 3.05) is 0 Å². The molecule has 1 heterocycles. The van der Waals surface area contributed by atoms with Crippen molar-refractivity contribution in [1.82, 2.24) is 10.4 Å². The molecule has 5 heteroatoms. The van der Waals surface area contributed by atoms with Crippen LogP contribution in [-0.4, -0.2) is 17.1 Å². The lowest BCUT2D eigenvalue weighted by Crippen LogP contribution is -2.23. The van der Waals surface area contributed by atoms with E-state index >= 15 is 0 Å². The molecule has 0 aliphatic heterocycles. The fraction of sp³-hybridized carbons (Fsp3) is 0.160. The summed E-state index contributed by atoms with van der Waals surface area (Å²) in [5.74, 6) is -0.0824. The SMILES string of the molecule is CC1(c2ccc(-c3ccccc3)cc2)CC1C(=O)N/N=C/c1ccc2ncsc2c1. The van der Waals surface area contributed by atoms with E-state index in [1.165, 1.54) is 16.7 Å². The third kappa shape index (κ3) is 3.53. The molecule has 0 saturated heterocycles. The molecule has 1 saturated carbocycles. The van der Waals surface area contributed by atoms with Crippen LogP contribution in [0.3, 0.4) is 0 Å². The Hall–Kier alpha value is -3.31. The van der Waals surface area contributed by atoms with E-state index in [1.54, 1.807) is 17.6 Å². The lowest BCUT2D eigenvalue weighted by Gasteiger charge is -2.12. The molecule has 1 aromatic heterocycles. The average Bonchev–Trinajstić information content (AvgIpc) is 3.27. The van der Waals surface area contributed by atoms with Crippen molar-refractivity contribution in [3.63, 3.8) is 0 Å². The van der Waals surface area contributed by atoms with Crippen LogP contribution in [0, 0.1) is 5.92 Å². The zero-order valence-corrected chi connectivity index (χ0v) is 17.4. The maximum Gasteiger partial charge on any atom is 0.244 e. The summed E-state index contributed by atoms with van der Waals surface area (Å²) < 4.78 is 1.11. The second kappa shape index (κ2) is 7.50. The Morgan fingerprint density at radius 2 is 1.87 bits per heavy atom. The molecule has 1 aliphatic rings. The van der Waals surface area contributed by atoms with E-state index in [0.717, 1.165) is 22.2 Å². The first-order chi connectivity index (χ1) is 14.6. The number of rotatable bonds is 5. The molecule has 4 aromatic rings. The number of benzene rings is 3. The standard InChI is InChI=1S/C25H21N3OS/c1-25(20-10-8-19(9-11-20)18-5-3-2-4-6-18)14-21(25)24(29)28-27-15-17-7-12-22-23(13-17)30-16-26-22/h2-13,15-16,21H,14H2,1H3,(H,28,29)/b27-15+. The maximum atomic E-state index is 12.6. The van der Waals surface area contributed by atoms with Gasteiger partial charge in [0.1, 0.15) is 0 Å². The normalized spacial score (nSPS) is 20.5. The topological polar surface area (TPSA) is 54.4 Å². The van der Waals surface area contributed by atoms with E-state index in [0.29, 0.717) is 0 Å². The minimum atomic E-state index is -0.129. The number of hydrazone groups is 1. The summed E-state index contributed by atoms with van der Waals surface area (Å²) in [4.78, 5) is 16.9. The molecule has 1 aliphatic carbocycles. The lowest BCUT2D eigenvalue weighted by atomic mass is 9.93. The highest BCUT2D eigenvalue weighted by molar-refractivity contribution is 7.16. The quantitative estimate of drug-likeness (QED) is 0.353. The van der Waals surface area contributed by atoms with Gasteiger partial charge in [-0.25, -0.2) is 10.4 Å². The first-order valence-corrected chi connectivity index (χ1v) is 10.8. The third-order valence-electron chi connectivity index (χ3n) is 5.95. The summed E-state index contributed by atoms with van der Waals surface area (Å²) in [6.07, 6.45) is 2.53. The zero-order valence-electron chi connectivity index (χ0n) is 16.6. The zero-order chi connectivity index (χ0) is 20.6. The Balaban J connectivity index is 1.23. The van der Waals surface area contributed by atoms with Gasteiger partial charge in [0, 0.05) is 5.41 Å². The van der Waals surface area contributed by atoms with E-state index in [2.05, 4.69) is 58.8 Å². The summed E-state index contributed by atoms with van der Waals surface area (Å²) in [6.45, 7) is 2.15. The average molecular weight is 412 g/mol. The molecule has 1 fully saturated rings. The molecule has 2 atom stereocenters. The molecule has 0 radical (unpaired) electrons. The van der Waals surface area contributed by atoms with Crippen molar-refractivity contribution in [2.45, 2.75) is 18.8 Å². The van der Waals surface area contributed by atoms with Gasteiger partial charge < -0.3 is 0 Å². The predicted octanol–water partition coefficient (Wildman–Crippen LogP) is 5.39. The number of hydrogen-bond acceptors (Lipinski definition) is 4. The van der Waals surface area contributed by atoms with E-state index in [4.69, 9.17) is 0 Å². The summed E-state index contributed by atoms with van der Waals surface area (Å²) in [7, 11) is 0. The number of amides is 1. The Morgan fingerprint density at radius 3 is 2.67 bits per heavy atom. The Morgan fingerprint density at radius 1 is 1.10 bits per heavy atom. The molecule has 2 unspecified atom stereocenters. The second-order valence-electron chi connectivity index (χ2n) is 7.93. The molecular weight excluding hydrogens is 390 g/mol. The second-order valence-corrected chi connectivity index (χ2v) is 8.82. The van der Waals surface area contributed by atoms with E-state index in [9.17, 15) is 4.79 Å². The molecule has 1 amide bonds. The van der Waals surface area contributed by atoms with Crippen LogP contribution >= 0.6 is 11.3 Å². The number of nitrogens with zero attached hydrogens (tertiary/aromatic N) is 2. The van der Waals surface area contributed by atoms with Gasteiger partial charge in [0.15, 0.2) is 0 Å². The van der Waals surface area contributed by atoms with Crippen LogP contribution in [0.2, 0.25) is 0 Å². The van der Waals surface area contributed by atoms with Gasteiger partial charge in [0.2, 0.25) is 5.91 Å². The number of aromatic nitrogens is 1. The fourth-order valence-corrected chi connectivity index (χ4v) is 4.67. The van der Waals surface area contributed by atoms with Gasteiger partial charge in [-0.2, -0.15) is 5.10 Å². The molecule has 30 heavy (non-hydrogen) atoms. The summed E-state index contributed by atoms with van der Waals surface area (Å²) in [5, 5.41) is 4.17. The van der Waals surface area contributed by atoms with Gasteiger partial charge >= 0.3 is 0 Å². The first kappa shape index (κ1) is 18.7. The minimum Gasteiger partial charge on any atom is -0.273 e. The monoisotopic (exact) mass is 411 g/mol. The molecule has 5 rings (SSSR count). The van der Waals surface area contributed by atoms with E-state index < -0.39 is 0 Å². The Labute approximate surface area is 179 Å². The molecule has 3 aromatic carbocycles. The largest absolute Gasteiger partial charge is 0.273 e. The van der Waals surface area contributed by atoms with Crippen LogP contribution in [0.5, 0.6) is 0 Å². The van der Waals surface area contributed by atoms with Crippen molar-refractivity contribution in [2.24, 2.45) is 11.0 Å². The van der Waals surface area contributed by atoms with Crippen LogP contribution in [0.1, 0.15) is 24.5 Å². The minimum absolute atomic E-state index is 0.0280. The molecule has 0 spiro atoms. The van der Waals surface area contributed by atoms with Gasteiger partial charge in [-0.3, -0.25) is 4.79 Å². The summed E-state index contributed by atoms with van der Waals surface area (Å²) in [5.41, 5.74) is 9.92. The smallest absolute Gasteiger partial charge is 0.244 e.